The smallest absolute Gasteiger partial charge is 0.253 e. The number of hydrogen-bond donors (Lipinski definition) is 2. The number of aromatic nitrogens is 1. The minimum Gasteiger partial charge on any atom is -0.357 e. The molecule has 0 spiro atoms. The third-order valence-electron chi connectivity index (χ3n) is 3.75. The van der Waals surface area contributed by atoms with Crippen molar-refractivity contribution >= 4 is 11.9 Å². The molecule has 0 atom stereocenters. The van der Waals surface area contributed by atoms with Gasteiger partial charge in [-0.1, -0.05) is 18.2 Å². The number of pyridine rings is 1. The number of guanidine groups is 1. The second-order valence-electron chi connectivity index (χ2n) is 6.22. The molecule has 0 radical (unpaired) electrons. The molecule has 0 bridgehead atoms. The Bertz CT molecular complexity index is 753. The monoisotopic (exact) mass is 353 g/mol. The van der Waals surface area contributed by atoms with Gasteiger partial charge < -0.3 is 15.5 Å². The molecule has 0 aliphatic rings. The summed E-state index contributed by atoms with van der Waals surface area (Å²) in [5, 5.41) is 6.53. The molecule has 0 saturated heterocycles. The molecule has 0 aliphatic carbocycles. The van der Waals surface area contributed by atoms with Gasteiger partial charge in [-0.15, -0.1) is 0 Å². The molecule has 0 aliphatic heterocycles. The van der Waals surface area contributed by atoms with Gasteiger partial charge in [-0.2, -0.15) is 0 Å². The van der Waals surface area contributed by atoms with E-state index in [4.69, 9.17) is 0 Å². The third kappa shape index (κ3) is 5.88. The van der Waals surface area contributed by atoms with E-state index in [1.165, 1.54) is 0 Å². The minimum absolute atomic E-state index is 0.000658. The van der Waals surface area contributed by atoms with Crippen molar-refractivity contribution in [2.45, 2.75) is 26.9 Å². The highest BCUT2D eigenvalue weighted by Gasteiger charge is 2.07. The van der Waals surface area contributed by atoms with Gasteiger partial charge in [0.05, 0.1) is 18.8 Å². The van der Waals surface area contributed by atoms with Crippen LogP contribution in [0.2, 0.25) is 0 Å². The highest BCUT2D eigenvalue weighted by Crippen LogP contribution is 2.07. The maximum absolute atomic E-state index is 11.9. The molecule has 2 N–H and O–H groups in total. The summed E-state index contributed by atoms with van der Waals surface area (Å²) in [6.45, 7) is 5.94. The lowest BCUT2D eigenvalue weighted by Gasteiger charge is -2.12. The zero-order valence-electron chi connectivity index (χ0n) is 15.9. The van der Waals surface area contributed by atoms with Gasteiger partial charge in [-0.25, -0.2) is 4.99 Å². The van der Waals surface area contributed by atoms with Crippen LogP contribution in [0.4, 0.5) is 0 Å². The van der Waals surface area contributed by atoms with Crippen molar-refractivity contribution in [1.29, 1.82) is 0 Å². The van der Waals surface area contributed by atoms with Crippen LogP contribution in [0.3, 0.4) is 0 Å². The van der Waals surface area contributed by atoms with Gasteiger partial charge in [-0.05, 0) is 43.7 Å². The SMILES string of the molecule is CCNC(=NCc1ccc(C(=O)N(C)C)cc1)NCc1cccc(C)n1. The Kier molecular flexibility index (Phi) is 7.14. The molecule has 2 rings (SSSR count). The first-order valence-corrected chi connectivity index (χ1v) is 8.75. The van der Waals surface area contributed by atoms with Gasteiger partial charge in [0.25, 0.3) is 5.91 Å². The van der Waals surface area contributed by atoms with Gasteiger partial charge in [0.1, 0.15) is 0 Å². The van der Waals surface area contributed by atoms with E-state index in [9.17, 15) is 4.79 Å². The average Bonchev–Trinajstić information content (AvgIpc) is 2.64. The normalized spacial score (nSPS) is 11.2. The van der Waals surface area contributed by atoms with Crippen molar-refractivity contribution in [2.75, 3.05) is 20.6 Å². The molecule has 1 amide bonds. The van der Waals surface area contributed by atoms with Crippen molar-refractivity contribution in [2.24, 2.45) is 4.99 Å². The van der Waals surface area contributed by atoms with E-state index in [2.05, 4.69) is 20.6 Å². The summed E-state index contributed by atoms with van der Waals surface area (Å²) < 4.78 is 0. The molecule has 1 aromatic heterocycles. The fraction of sp³-hybridized carbons (Fsp3) is 0.350. The molecule has 0 fully saturated rings. The van der Waals surface area contributed by atoms with Crippen molar-refractivity contribution in [3.05, 3.63) is 65.0 Å². The number of aryl methyl sites for hydroxylation is 1. The Hall–Kier alpha value is -2.89. The number of carbonyl (C=O) groups excluding carboxylic acids is 1. The molecule has 138 valence electrons. The molecule has 1 aromatic carbocycles. The highest BCUT2D eigenvalue weighted by molar-refractivity contribution is 5.93. The summed E-state index contributed by atoms with van der Waals surface area (Å²) in [6, 6.07) is 13.5. The average molecular weight is 353 g/mol. The summed E-state index contributed by atoms with van der Waals surface area (Å²) >= 11 is 0. The number of carbonyl (C=O) groups is 1. The Morgan fingerprint density at radius 2 is 1.85 bits per heavy atom. The van der Waals surface area contributed by atoms with Crippen molar-refractivity contribution in [3.63, 3.8) is 0 Å². The Balaban J connectivity index is 1.98. The number of aliphatic imine (C=N–C) groups is 1. The number of rotatable bonds is 6. The standard InChI is InChI=1S/C20H27N5O/c1-5-21-20(23-14-18-8-6-7-15(2)24-18)22-13-16-9-11-17(12-10-16)19(26)25(3)4/h6-12H,5,13-14H2,1-4H3,(H2,21,22,23). The molecular formula is C20H27N5O. The first-order valence-electron chi connectivity index (χ1n) is 8.75. The summed E-state index contributed by atoms with van der Waals surface area (Å²) in [7, 11) is 3.50. The molecule has 0 unspecified atom stereocenters. The quantitative estimate of drug-likeness (QED) is 0.618. The summed E-state index contributed by atoms with van der Waals surface area (Å²) in [6.07, 6.45) is 0. The largest absolute Gasteiger partial charge is 0.357 e. The Morgan fingerprint density at radius 1 is 1.12 bits per heavy atom. The number of benzene rings is 1. The lowest BCUT2D eigenvalue weighted by molar-refractivity contribution is 0.0827. The predicted molar refractivity (Wildman–Crippen MR) is 105 cm³/mol. The molecule has 1 heterocycles. The lowest BCUT2D eigenvalue weighted by atomic mass is 10.1. The van der Waals surface area contributed by atoms with E-state index in [-0.39, 0.29) is 5.91 Å². The van der Waals surface area contributed by atoms with Gasteiger partial charge >= 0.3 is 0 Å². The van der Waals surface area contributed by atoms with Crippen LogP contribution in [0, 0.1) is 6.92 Å². The molecule has 6 heteroatoms. The lowest BCUT2D eigenvalue weighted by Crippen LogP contribution is -2.37. The van der Waals surface area contributed by atoms with Gasteiger partial charge in [-0.3, -0.25) is 9.78 Å². The van der Waals surface area contributed by atoms with Crippen LogP contribution < -0.4 is 10.6 Å². The second-order valence-corrected chi connectivity index (χ2v) is 6.22. The van der Waals surface area contributed by atoms with Crippen LogP contribution in [0.25, 0.3) is 0 Å². The number of nitrogens with one attached hydrogen (secondary N) is 2. The van der Waals surface area contributed by atoms with Crippen LogP contribution in [0.15, 0.2) is 47.5 Å². The first kappa shape index (κ1) is 19.4. The topological polar surface area (TPSA) is 69.6 Å². The van der Waals surface area contributed by atoms with Crippen LogP contribution in [-0.4, -0.2) is 42.4 Å². The van der Waals surface area contributed by atoms with E-state index in [0.29, 0.717) is 18.7 Å². The fourth-order valence-corrected chi connectivity index (χ4v) is 2.40. The molecule has 26 heavy (non-hydrogen) atoms. The van der Waals surface area contributed by atoms with E-state index >= 15 is 0 Å². The maximum Gasteiger partial charge on any atom is 0.253 e. The van der Waals surface area contributed by atoms with E-state index in [1.54, 1.807) is 19.0 Å². The van der Waals surface area contributed by atoms with Crippen LogP contribution in [0.5, 0.6) is 0 Å². The molecule has 0 saturated carbocycles. The second kappa shape index (κ2) is 9.56. The Morgan fingerprint density at radius 3 is 2.46 bits per heavy atom. The summed E-state index contributed by atoms with van der Waals surface area (Å²) in [5.41, 5.74) is 3.70. The molecule has 6 nitrogen and oxygen atoms in total. The van der Waals surface area contributed by atoms with Crippen LogP contribution in [0.1, 0.15) is 34.2 Å². The minimum atomic E-state index is 0.000658. The van der Waals surface area contributed by atoms with Crippen molar-refractivity contribution in [3.8, 4) is 0 Å². The molecule has 2 aromatic rings. The van der Waals surface area contributed by atoms with Crippen molar-refractivity contribution < 1.29 is 4.79 Å². The van der Waals surface area contributed by atoms with E-state index in [1.807, 2.05) is 56.3 Å². The van der Waals surface area contributed by atoms with E-state index in [0.717, 1.165) is 29.5 Å². The summed E-state index contributed by atoms with van der Waals surface area (Å²) in [4.78, 5) is 22.6. The van der Waals surface area contributed by atoms with E-state index < -0.39 is 0 Å². The first-order chi connectivity index (χ1) is 12.5. The number of amides is 1. The Labute approximate surface area is 155 Å². The highest BCUT2D eigenvalue weighted by atomic mass is 16.2. The van der Waals surface area contributed by atoms with Gasteiger partial charge in [0, 0.05) is 31.9 Å². The zero-order valence-corrected chi connectivity index (χ0v) is 15.9. The zero-order chi connectivity index (χ0) is 18.9. The van der Waals surface area contributed by atoms with Crippen LogP contribution >= 0.6 is 0 Å². The van der Waals surface area contributed by atoms with Crippen LogP contribution in [-0.2, 0) is 13.1 Å². The number of nitrogens with zero attached hydrogens (tertiary/aromatic N) is 3. The maximum atomic E-state index is 11.9. The van der Waals surface area contributed by atoms with Gasteiger partial charge in [0.15, 0.2) is 5.96 Å². The van der Waals surface area contributed by atoms with Crippen molar-refractivity contribution in [1.82, 2.24) is 20.5 Å². The molecular weight excluding hydrogens is 326 g/mol. The van der Waals surface area contributed by atoms with Gasteiger partial charge in [0.2, 0.25) is 0 Å². The fourth-order valence-electron chi connectivity index (χ4n) is 2.40. The third-order valence-corrected chi connectivity index (χ3v) is 3.75. The summed E-state index contributed by atoms with van der Waals surface area (Å²) in [5.74, 6) is 0.741. The predicted octanol–water partition coefficient (Wildman–Crippen LogP) is 2.35. The number of hydrogen-bond acceptors (Lipinski definition) is 3.